The summed E-state index contributed by atoms with van der Waals surface area (Å²) in [5.41, 5.74) is 4.05. The molecule has 0 atom stereocenters. The number of nitrogens with one attached hydrogen (secondary N) is 2. The lowest BCUT2D eigenvalue weighted by atomic mass is 10.1. The van der Waals surface area contributed by atoms with Crippen LogP contribution in [-0.4, -0.2) is 34.9 Å². The summed E-state index contributed by atoms with van der Waals surface area (Å²) in [6.45, 7) is 3.76. The number of hydrogen-bond donors (Lipinski definition) is 4. The molecule has 0 unspecified atom stereocenters. The average Bonchev–Trinajstić information content (AvgIpc) is 2.62. The standard InChI is InChI=1S/C20H27N2O4P/c1-16-3-5-17(6-4-16)11-13-22-20(23)19-9-7-18(8-10-19)15-21-12-2-14-27(24,25)26/h3-10,21H,2,11-15H2,1H3,(H,22,23)(H2,24,25,26). The van der Waals surface area contributed by atoms with Gasteiger partial charge in [0, 0.05) is 18.7 Å². The van der Waals surface area contributed by atoms with E-state index in [2.05, 4.69) is 34.9 Å². The van der Waals surface area contributed by atoms with Gasteiger partial charge in [0.15, 0.2) is 0 Å². The van der Waals surface area contributed by atoms with Gasteiger partial charge < -0.3 is 20.4 Å². The summed E-state index contributed by atoms with van der Waals surface area (Å²) in [4.78, 5) is 29.8. The van der Waals surface area contributed by atoms with Crippen molar-refractivity contribution < 1.29 is 19.1 Å². The van der Waals surface area contributed by atoms with Gasteiger partial charge in [-0.1, -0.05) is 42.0 Å². The Morgan fingerprint density at radius 3 is 2.22 bits per heavy atom. The molecule has 7 heteroatoms. The molecule has 6 nitrogen and oxygen atoms in total. The lowest BCUT2D eigenvalue weighted by molar-refractivity contribution is 0.0954. The first kappa shape index (κ1) is 21.3. The Kier molecular flexibility index (Phi) is 8.20. The van der Waals surface area contributed by atoms with Gasteiger partial charge in [0.25, 0.3) is 5.91 Å². The molecule has 0 saturated heterocycles. The number of aryl methyl sites for hydroxylation is 1. The summed E-state index contributed by atoms with van der Waals surface area (Å²) < 4.78 is 10.8. The van der Waals surface area contributed by atoms with Gasteiger partial charge in [-0.25, -0.2) is 0 Å². The van der Waals surface area contributed by atoms with Gasteiger partial charge in [-0.2, -0.15) is 0 Å². The van der Waals surface area contributed by atoms with Crippen molar-refractivity contribution >= 4 is 13.5 Å². The number of amides is 1. The smallest absolute Gasteiger partial charge is 0.325 e. The van der Waals surface area contributed by atoms with Gasteiger partial charge >= 0.3 is 7.60 Å². The molecule has 146 valence electrons. The van der Waals surface area contributed by atoms with Crippen LogP contribution < -0.4 is 10.6 Å². The topological polar surface area (TPSA) is 98.7 Å². The molecule has 2 rings (SSSR count). The zero-order valence-corrected chi connectivity index (χ0v) is 16.4. The van der Waals surface area contributed by atoms with Crippen molar-refractivity contribution in [3.05, 3.63) is 70.8 Å². The maximum Gasteiger partial charge on any atom is 0.325 e. The van der Waals surface area contributed by atoms with Crippen LogP contribution in [0.15, 0.2) is 48.5 Å². The molecule has 0 aromatic heterocycles. The van der Waals surface area contributed by atoms with E-state index in [4.69, 9.17) is 9.79 Å². The van der Waals surface area contributed by atoms with Gasteiger partial charge in [-0.3, -0.25) is 9.36 Å². The van der Waals surface area contributed by atoms with Crippen LogP contribution >= 0.6 is 7.60 Å². The quantitative estimate of drug-likeness (QED) is 0.369. The van der Waals surface area contributed by atoms with E-state index in [0.717, 1.165) is 12.0 Å². The summed E-state index contributed by atoms with van der Waals surface area (Å²) in [6.07, 6.45) is 1.11. The fourth-order valence-corrected chi connectivity index (χ4v) is 3.16. The lowest BCUT2D eigenvalue weighted by Gasteiger charge is -2.08. The minimum Gasteiger partial charge on any atom is -0.352 e. The Balaban J connectivity index is 1.69. The largest absolute Gasteiger partial charge is 0.352 e. The van der Waals surface area contributed by atoms with Crippen molar-refractivity contribution in [3.63, 3.8) is 0 Å². The molecule has 4 N–H and O–H groups in total. The van der Waals surface area contributed by atoms with E-state index in [9.17, 15) is 9.36 Å². The number of hydrogen-bond acceptors (Lipinski definition) is 3. The van der Waals surface area contributed by atoms with E-state index in [1.165, 1.54) is 11.1 Å². The Morgan fingerprint density at radius 2 is 1.59 bits per heavy atom. The van der Waals surface area contributed by atoms with Crippen LogP contribution in [-0.2, 0) is 17.5 Å². The fourth-order valence-electron chi connectivity index (χ4n) is 2.59. The molecule has 0 radical (unpaired) electrons. The van der Waals surface area contributed by atoms with E-state index in [1.54, 1.807) is 12.1 Å². The summed E-state index contributed by atoms with van der Waals surface area (Å²) in [7, 11) is -3.91. The van der Waals surface area contributed by atoms with Crippen LogP contribution in [0, 0.1) is 6.92 Å². The molecule has 0 aliphatic carbocycles. The molecule has 0 aliphatic rings. The van der Waals surface area contributed by atoms with Crippen LogP contribution in [0.5, 0.6) is 0 Å². The molecule has 0 bridgehead atoms. The summed E-state index contributed by atoms with van der Waals surface area (Å²) >= 11 is 0. The molecule has 0 spiro atoms. The molecule has 1 amide bonds. The molecule has 0 aliphatic heterocycles. The molecule has 2 aromatic rings. The first-order valence-corrected chi connectivity index (χ1v) is 10.8. The molecule has 27 heavy (non-hydrogen) atoms. The van der Waals surface area contributed by atoms with Crippen LogP contribution in [0.2, 0.25) is 0 Å². The van der Waals surface area contributed by atoms with E-state index in [0.29, 0.717) is 31.6 Å². The van der Waals surface area contributed by atoms with Crippen molar-refractivity contribution in [2.24, 2.45) is 0 Å². The third-order valence-corrected chi connectivity index (χ3v) is 5.07. The fraction of sp³-hybridized carbons (Fsp3) is 0.350. The zero-order chi connectivity index (χ0) is 19.7. The van der Waals surface area contributed by atoms with Crippen LogP contribution in [0.25, 0.3) is 0 Å². The number of carbonyl (C=O) groups excluding carboxylic acids is 1. The van der Waals surface area contributed by atoms with Crippen molar-refractivity contribution in [2.45, 2.75) is 26.3 Å². The van der Waals surface area contributed by atoms with Gasteiger partial charge in [-0.15, -0.1) is 0 Å². The highest BCUT2D eigenvalue weighted by atomic mass is 31.2. The predicted molar refractivity (Wildman–Crippen MR) is 107 cm³/mol. The van der Waals surface area contributed by atoms with E-state index >= 15 is 0 Å². The second kappa shape index (κ2) is 10.4. The predicted octanol–water partition coefficient (Wildman–Crippen LogP) is 2.62. The van der Waals surface area contributed by atoms with Crippen LogP contribution in [0.4, 0.5) is 0 Å². The third kappa shape index (κ3) is 8.50. The van der Waals surface area contributed by atoms with Gasteiger partial charge in [0.1, 0.15) is 0 Å². The van der Waals surface area contributed by atoms with Gasteiger partial charge in [-0.05, 0) is 49.6 Å². The second-order valence-corrected chi connectivity index (χ2v) is 8.38. The first-order chi connectivity index (χ1) is 12.8. The summed E-state index contributed by atoms with van der Waals surface area (Å²) in [6, 6.07) is 15.6. The summed E-state index contributed by atoms with van der Waals surface area (Å²) in [5, 5.41) is 6.06. The Bertz CT molecular complexity index is 770. The molecule has 0 heterocycles. The maximum atomic E-state index is 12.2. The highest BCUT2D eigenvalue weighted by Gasteiger charge is 2.11. The van der Waals surface area contributed by atoms with E-state index < -0.39 is 7.60 Å². The number of rotatable bonds is 10. The van der Waals surface area contributed by atoms with E-state index in [1.807, 2.05) is 19.1 Å². The minimum absolute atomic E-state index is 0.0942. The van der Waals surface area contributed by atoms with Gasteiger partial charge in [0.2, 0.25) is 0 Å². The minimum atomic E-state index is -3.91. The lowest BCUT2D eigenvalue weighted by Crippen LogP contribution is -2.25. The average molecular weight is 390 g/mol. The summed E-state index contributed by atoms with van der Waals surface area (Å²) in [5.74, 6) is -0.0942. The highest BCUT2D eigenvalue weighted by Crippen LogP contribution is 2.34. The third-order valence-electron chi connectivity index (χ3n) is 4.17. The Hall–Kier alpha value is -1.98. The van der Waals surface area contributed by atoms with Crippen molar-refractivity contribution in [2.75, 3.05) is 19.3 Å². The normalized spacial score (nSPS) is 11.4. The van der Waals surface area contributed by atoms with E-state index in [-0.39, 0.29) is 12.1 Å². The maximum absolute atomic E-state index is 12.2. The zero-order valence-electron chi connectivity index (χ0n) is 15.5. The van der Waals surface area contributed by atoms with Crippen LogP contribution in [0.3, 0.4) is 0 Å². The van der Waals surface area contributed by atoms with Crippen molar-refractivity contribution in [3.8, 4) is 0 Å². The Labute approximate surface area is 160 Å². The first-order valence-electron chi connectivity index (χ1n) is 9.01. The van der Waals surface area contributed by atoms with Crippen molar-refractivity contribution in [1.82, 2.24) is 10.6 Å². The Morgan fingerprint density at radius 1 is 0.963 bits per heavy atom. The molecule has 0 saturated carbocycles. The van der Waals surface area contributed by atoms with Gasteiger partial charge in [0.05, 0.1) is 6.16 Å². The number of benzene rings is 2. The second-order valence-electron chi connectivity index (χ2n) is 6.61. The van der Waals surface area contributed by atoms with Crippen LogP contribution in [0.1, 0.15) is 33.5 Å². The monoisotopic (exact) mass is 390 g/mol. The molecule has 2 aromatic carbocycles. The molecular formula is C20H27N2O4P. The molecule has 0 fully saturated rings. The number of carbonyl (C=O) groups is 1. The SMILES string of the molecule is Cc1ccc(CCNC(=O)c2ccc(CNCCCP(=O)(O)O)cc2)cc1. The highest BCUT2D eigenvalue weighted by molar-refractivity contribution is 7.51. The molecular weight excluding hydrogens is 363 g/mol. The van der Waals surface area contributed by atoms with Crippen molar-refractivity contribution in [1.29, 1.82) is 0 Å².